The maximum absolute atomic E-state index is 12.5. The highest BCUT2D eigenvalue weighted by atomic mass is 32.2. The first-order valence-corrected chi connectivity index (χ1v) is 9.85. The van der Waals surface area contributed by atoms with Gasteiger partial charge in [0.2, 0.25) is 10.0 Å². The van der Waals surface area contributed by atoms with E-state index >= 15 is 0 Å². The molecule has 1 saturated heterocycles. The van der Waals surface area contributed by atoms with E-state index in [0.29, 0.717) is 24.6 Å². The molecule has 1 atom stereocenters. The summed E-state index contributed by atoms with van der Waals surface area (Å²) in [7, 11) is -1.96. The lowest BCUT2D eigenvalue weighted by Crippen LogP contribution is -2.30. The molecule has 3 rings (SSSR count). The average molecular weight is 378 g/mol. The van der Waals surface area contributed by atoms with Crippen LogP contribution in [-0.2, 0) is 28.4 Å². The van der Waals surface area contributed by atoms with Gasteiger partial charge in [0.25, 0.3) is 5.91 Å². The van der Waals surface area contributed by atoms with Gasteiger partial charge in [-0.05, 0) is 24.6 Å². The summed E-state index contributed by atoms with van der Waals surface area (Å²) in [6, 6.07) is 6.01. The molecule has 0 saturated carbocycles. The van der Waals surface area contributed by atoms with Crippen LogP contribution in [0.3, 0.4) is 0 Å². The molecule has 0 unspecified atom stereocenters. The first-order valence-electron chi connectivity index (χ1n) is 8.37. The van der Waals surface area contributed by atoms with Crippen LogP contribution >= 0.6 is 0 Å². The number of aromatic nitrogens is 2. The van der Waals surface area contributed by atoms with Gasteiger partial charge in [-0.15, -0.1) is 0 Å². The van der Waals surface area contributed by atoms with Gasteiger partial charge in [-0.1, -0.05) is 6.07 Å². The number of nitrogens with zero attached hydrogens (tertiary/aromatic N) is 2. The highest BCUT2D eigenvalue weighted by Gasteiger charge is 2.19. The molecule has 2 N–H and O–H groups in total. The van der Waals surface area contributed by atoms with Gasteiger partial charge >= 0.3 is 0 Å². The molecular weight excluding hydrogens is 356 g/mol. The van der Waals surface area contributed by atoms with Crippen molar-refractivity contribution in [3.63, 3.8) is 0 Å². The van der Waals surface area contributed by atoms with E-state index in [0.717, 1.165) is 18.6 Å². The van der Waals surface area contributed by atoms with Crippen LogP contribution in [0.1, 0.15) is 22.3 Å². The molecule has 1 amide bonds. The standard InChI is InChI=1S/C17H22N4O4S/c1-21-11-14(9-19-21)10-20-26(23,24)16-4-2-3-15(7-16)17(22)18-8-13-5-6-25-12-13/h2-4,7,9,11,13,20H,5-6,8,10,12H2,1H3,(H,18,22)/t13-/m1/s1. The second-order valence-corrected chi connectivity index (χ2v) is 8.08. The molecule has 1 aromatic carbocycles. The van der Waals surface area contributed by atoms with E-state index in [1.54, 1.807) is 36.3 Å². The number of carbonyl (C=O) groups is 1. The monoisotopic (exact) mass is 378 g/mol. The van der Waals surface area contributed by atoms with Gasteiger partial charge in [-0.3, -0.25) is 9.48 Å². The van der Waals surface area contributed by atoms with Crippen molar-refractivity contribution in [1.29, 1.82) is 0 Å². The van der Waals surface area contributed by atoms with Crippen molar-refractivity contribution in [3.05, 3.63) is 47.8 Å². The third-order valence-corrected chi connectivity index (χ3v) is 5.61. The molecule has 2 aromatic rings. The topological polar surface area (TPSA) is 102 Å². The molecule has 1 aromatic heterocycles. The highest BCUT2D eigenvalue weighted by Crippen LogP contribution is 2.14. The lowest BCUT2D eigenvalue weighted by Gasteiger charge is -2.11. The van der Waals surface area contributed by atoms with E-state index in [1.807, 2.05) is 0 Å². The molecule has 9 heteroatoms. The number of hydrogen-bond acceptors (Lipinski definition) is 5. The van der Waals surface area contributed by atoms with Crippen LogP contribution in [-0.4, -0.2) is 43.9 Å². The number of amides is 1. The zero-order valence-electron chi connectivity index (χ0n) is 14.5. The molecule has 0 spiro atoms. The largest absolute Gasteiger partial charge is 0.381 e. The van der Waals surface area contributed by atoms with Gasteiger partial charge in [-0.2, -0.15) is 5.10 Å². The van der Waals surface area contributed by atoms with Gasteiger partial charge in [0.15, 0.2) is 0 Å². The van der Waals surface area contributed by atoms with E-state index in [1.165, 1.54) is 12.1 Å². The Labute approximate surface area is 152 Å². The Balaban J connectivity index is 1.63. The zero-order valence-corrected chi connectivity index (χ0v) is 15.3. The molecule has 8 nitrogen and oxygen atoms in total. The number of hydrogen-bond donors (Lipinski definition) is 2. The number of benzene rings is 1. The summed E-state index contributed by atoms with van der Waals surface area (Å²) in [6.45, 7) is 2.02. The van der Waals surface area contributed by atoms with Crippen LogP contribution in [0.15, 0.2) is 41.6 Å². The fraction of sp³-hybridized carbons (Fsp3) is 0.412. The molecular formula is C17H22N4O4S. The Morgan fingerprint density at radius 2 is 2.27 bits per heavy atom. The molecule has 140 valence electrons. The van der Waals surface area contributed by atoms with Crippen molar-refractivity contribution in [3.8, 4) is 0 Å². The average Bonchev–Trinajstić information content (AvgIpc) is 3.29. The van der Waals surface area contributed by atoms with Crippen LogP contribution in [0.25, 0.3) is 0 Å². The highest BCUT2D eigenvalue weighted by molar-refractivity contribution is 7.89. The predicted octanol–water partition coefficient (Wildman–Crippen LogP) is 0.665. The Morgan fingerprint density at radius 1 is 1.42 bits per heavy atom. The fourth-order valence-electron chi connectivity index (χ4n) is 2.71. The summed E-state index contributed by atoms with van der Waals surface area (Å²) < 4.78 is 34.3. The third-order valence-electron chi connectivity index (χ3n) is 4.21. The third kappa shape index (κ3) is 4.69. The van der Waals surface area contributed by atoms with Crippen molar-refractivity contribution in [2.75, 3.05) is 19.8 Å². The molecule has 1 fully saturated rings. The van der Waals surface area contributed by atoms with Gasteiger partial charge in [0.1, 0.15) is 0 Å². The number of sulfonamides is 1. The second-order valence-electron chi connectivity index (χ2n) is 6.31. The van der Waals surface area contributed by atoms with Gasteiger partial charge in [-0.25, -0.2) is 13.1 Å². The number of carbonyl (C=O) groups excluding carboxylic acids is 1. The van der Waals surface area contributed by atoms with E-state index in [4.69, 9.17) is 4.74 Å². The summed E-state index contributed by atoms with van der Waals surface area (Å²) in [4.78, 5) is 12.3. The van der Waals surface area contributed by atoms with Crippen molar-refractivity contribution in [2.45, 2.75) is 17.9 Å². The number of aryl methyl sites for hydroxylation is 1. The molecule has 0 bridgehead atoms. The van der Waals surface area contributed by atoms with E-state index in [2.05, 4.69) is 15.1 Å². The van der Waals surface area contributed by atoms with Gasteiger partial charge in [0, 0.05) is 50.0 Å². The van der Waals surface area contributed by atoms with Crippen molar-refractivity contribution < 1.29 is 17.9 Å². The maximum atomic E-state index is 12.5. The van der Waals surface area contributed by atoms with Gasteiger partial charge in [0.05, 0.1) is 17.7 Å². The molecule has 0 aliphatic carbocycles. The zero-order chi connectivity index (χ0) is 18.6. The SMILES string of the molecule is Cn1cc(CNS(=O)(=O)c2cccc(C(=O)NC[C@H]3CCOC3)c2)cn1. The first-order chi connectivity index (χ1) is 12.4. The quantitative estimate of drug-likeness (QED) is 0.737. The van der Waals surface area contributed by atoms with Crippen LogP contribution in [0, 0.1) is 5.92 Å². The minimum absolute atomic E-state index is 0.0539. The summed E-state index contributed by atoms with van der Waals surface area (Å²) in [5, 5.41) is 6.84. The molecule has 1 aliphatic rings. The smallest absolute Gasteiger partial charge is 0.251 e. The van der Waals surface area contributed by atoms with Crippen molar-refractivity contribution in [1.82, 2.24) is 19.8 Å². The normalized spacial score (nSPS) is 17.3. The van der Waals surface area contributed by atoms with Crippen molar-refractivity contribution in [2.24, 2.45) is 13.0 Å². The summed E-state index contributed by atoms with van der Waals surface area (Å²) >= 11 is 0. The molecule has 2 heterocycles. The Kier molecular flexibility index (Phi) is 5.70. The van der Waals surface area contributed by atoms with Crippen LogP contribution in [0.5, 0.6) is 0 Å². The summed E-state index contributed by atoms with van der Waals surface area (Å²) in [5.74, 6) is 0.0215. The maximum Gasteiger partial charge on any atom is 0.251 e. The molecule has 1 aliphatic heterocycles. The van der Waals surface area contributed by atoms with Crippen LogP contribution < -0.4 is 10.0 Å². The fourth-order valence-corrected chi connectivity index (χ4v) is 3.78. The van der Waals surface area contributed by atoms with Crippen LogP contribution in [0.4, 0.5) is 0 Å². The van der Waals surface area contributed by atoms with E-state index < -0.39 is 10.0 Å². The number of rotatable bonds is 7. The second kappa shape index (κ2) is 7.98. The minimum atomic E-state index is -3.72. The van der Waals surface area contributed by atoms with Crippen LogP contribution in [0.2, 0.25) is 0 Å². The Morgan fingerprint density at radius 3 is 2.96 bits per heavy atom. The summed E-state index contributed by atoms with van der Waals surface area (Å²) in [6.07, 6.45) is 4.26. The number of ether oxygens (including phenoxy) is 1. The van der Waals surface area contributed by atoms with E-state index in [9.17, 15) is 13.2 Å². The van der Waals surface area contributed by atoms with E-state index in [-0.39, 0.29) is 17.3 Å². The Bertz CT molecular complexity index is 872. The van der Waals surface area contributed by atoms with Gasteiger partial charge < -0.3 is 10.1 Å². The minimum Gasteiger partial charge on any atom is -0.381 e. The lowest BCUT2D eigenvalue weighted by atomic mass is 10.1. The molecule has 26 heavy (non-hydrogen) atoms. The summed E-state index contributed by atoms with van der Waals surface area (Å²) in [5.41, 5.74) is 1.07. The predicted molar refractivity (Wildman–Crippen MR) is 94.9 cm³/mol. The Hall–Kier alpha value is -2.23. The number of nitrogens with one attached hydrogen (secondary N) is 2. The lowest BCUT2D eigenvalue weighted by molar-refractivity contribution is 0.0945. The first kappa shape index (κ1) is 18.6. The molecule has 0 radical (unpaired) electrons. The van der Waals surface area contributed by atoms with Crippen molar-refractivity contribution >= 4 is 15.9 Å².